The first-order valence-electron chi connectivity index (χ1n) is 8.03. The third-order valence-corrected chi connectivity index (χ3v) is 5.30. The zero-order valence-electron chi connectivity index (χ0n) is 14.6. The topological polar surface area (TPSA) is 92.0 Å². The van der Waals surface area contributed by atoms with Crippen LogP contribution < -0.4 is 22.0 Å². The van der Waals surface area contributed by atoms with E-state index in [1.54, 1.807) is 6.92 Å². The molecule has 1 aromatic carbocycles. The fourth-order valence-electron chi connectivity index (χ4n) is 2.81. The van der Waals surface area contributed by atoms with E-state index in [1.807, 2.05) is 6.92 Å². The van der Waals surface area contributed by atoms with E-state index in [2.05, 4.69) is 0 Å². The maximum absolute atomic E-state index is 14.6. The number of nitrogens with two attached hydrogens (primary N) is 1. The number of hydrogen-bond acceptors (Lipinski definition) is 5. The summed E-state index contributed by atoms with van der Waals surface area (Å²) >= 11 is 0.781. The molecule has 7 nitrogen and oxygen atoms in total. The maximum Gasteiger partial charge on any atom is 0.433 e. The third kappa shape index (κ3) is 3.03. The van der Waals surface area contributed by atoms with Gasteiger partial charge >= 0.3 is 16.7 Å². The van der Waals surface area contributed by atoms with Crippen molar-refractivity contribution in [1.29, 1.82) is 0 Å². The van der Waals surface area contributed by atoms with Crippen LogP contribution in [-0.4, -0.2) is 13.8 Å². The summed E-state index contributed by atoms with van der Waals surface area (Å²) in [4.78, 5) is 36.3. The first-order chi connectivity index (χ1) is 13.0. The Morgan fingerprint density at radius 3 is 2.39 bits per heavy atom. The Hall–Kier alpha value is -2.89. The van der Waals surface area contributed by atoms with Gasteiger partial charge in [-0.15, -0.1) is 0 Å². The Morgan fingerprint density at radius 1 is 1.18 bits per heavy atom. The van der Waals surface area contributed by atoms with Crippen LogP contribution in [0.4, 0.5) is 17.6 Å². The third-order valence-electron chi connectivity index (χ3n) is 4.38. The number of fused-ring (bicyclic) bond motifs is 1. The van der Waals surface area contributed by atoms with E-state index < -0.39 is 34.6 Å². The van der Waals surface area contributed by atoms with Crippen molar-refractivity contribution in [2.75, 3.05) is 5.84 Å². The molecule has 2 heterocycles. The van der Waals surface area contributed by atoms with E-state index in [4.69, 9.17) is 5.84 Å². The largest absolute Gasteiger partial charge is 0.433 e. The van der Waals surface area contributed by atoms with Crippen molar-refractivity contribution in [2.24, 2.45) is 0 Å². The monoisotopic (exact) mass is 418 g/mol. The number of hydrogen-bond donors (Lipinski definition) is 1. The predicted octanol–water partition coefficient (Wildman–Crippen LogP) is 2.22. The van der Waals surface area contributed by atoms with Gasteiger partial charge in [-0.3, -0.25) is 14.2 Å². The van der Waals surface area contributed by atoms with Gasteiger partial charge in [0.05, 0.1) is 15.9 Å². The van der Waals surface area contributed by atoms with Crippen molar-refractivity contribution >= 4 is 21.6 Å². The lowest BCUT2D eigenvalue weighted by molar-refractivity contribution is -0.143. The van der Waals surface area contributed by atoms with Crippen LogP contribution in [0.25, 0.3) is 15.9 Å². The average molecular weight is 418 g/mol. The minimum absolute atomic E-state index is 0.112. The van der Waals surface area contributed by atoms with Crippen molar-refractivity contribution in [2.45, 2.75) is 32.5 Å². The highest BCUT2D eigenvalue weighted by molar-refractivity contribution is 7.16. The smallest absolute Gasteiger partial charge is 0.335 e. The van der Waals surface area contributed by atoms with E-state index in [1.165, 1.54) is 4.57 Å². The van der Waals surface area contributed by atoms with Crippen LogP contribution in [0.5, 0.6) is 0 Å². The number of alkyl halides is 3. The molecule has 28 heavy (non-hydrogen) atoms. The maximum atomic E-state index is 14.6. The Bertz CT molecular complexity index is 1250. The molecule has 3 rings (SSSR count). The van der Waals surface area contributed by atoms with Crippen LogP contribution in [0, 0.1) is 5.82 Å². The molecular formula is C16H14F4N4O3S. The number of rotatable bonds is 3. The summed E-state index contributed by atoms with van der Waals surface area (Å²) in [5.74, 6) is 4.14. The van der Waals surface area contributed by atoms with Crippen molar-refractivity contribution < 1.29 is 17.6 Å². The van der Waals surface area contributed by atoms with Crippen LogP contribution >= 0.6 is 11.3 Å². The summed E-state index contributed by atoms with van der Waals surface area (Å²) in [5, 5.41) is 0. The standard InChI is InChI=1S/C16H14F4N4O3S/c1-3-7(2)22-10-5-9(8(17)4-11(10)28-15(22)27)23-13(25)6-12(16(18,19)20)24(21)14(23)26/h4-7H,3,21H2,1-2H3. The number of aromatic nitrogens is 3. The highest BCUT2D eigenvalue weighted by Gasteiger charge is 2.36. The van der Waals surface area contributed by atoms with Gasteiger partial charge in [0.15, 0.2) is 5.69 Å². The van der Waals surface area contributed by atoms with Gasteiger partial charge < -0.3 is 5.84 Å². The minimum Gasteiger partial charge on any atom is -0.335 e. The van der Waals surface area contributed by atoms with Gasteiger partial charge in [0, 0.05) is 12.1 Å². The molecule has 0 aliphatic heterocycles. The number of halogens is 4. The molecule has 0 radical (unpaired) electrons. The number of benzene rings is 1. The van der Waals surface area contributed by atoms with Gasteiger partial charge in [-0.25, -0.2) is 18.4 Å². The summed E-state index contributed by atoms with van der Waals surface area (Å²) in [6, 6.07) is 1.90. The second-order valence-electron chi connectivity index (χ2n) is 6.12. The molecule has 1 atom stereocenters. The molecule has 0 saturated carbocycles. The molecule has 150 valence electrons. The van der Waals surface area contributed by atoms with E-state index in [9.17, 15) is 31.9 Å². The number of nitrogen functional groups attached to an aromatic ring is 1. The SMILES string of the molecule is CCC(C)n1c(=O)sc2cc(F)c(-n3c(=O)cc(C(F)(F)F)n(N)c3=O)cc21. The summed E-state index contributed by atoms with van der Waals surface area (Å²) in [7, 11) is 0. The van der Waals surface area contributed by atoms with E-state index in [-0.39, 0.29) is 36.4 Å². The lowest BCUT2D eigenvalue weighted by atomic mass is 10.2. The van der Waals surface area contributed by atoms with Gasteiger partial charge in [-0.2, -0.15) is 13.2 Å². The van der Waals surface area contributed by atoms with Crippen molar-refractivity contribution in [3.63, 3.8) is 0 Å². The second kappa shape index (κ2) is 6.62. The molecule has 0 saturated heterocycles. The molecule has 12 heteroatoms. The van der Waals surface area contributed by atoms with E-state index in [0.717, 1.165) is 23.5 Å². The summed E-state index contributed by atoms with van der Waals surface area (Å²) in [6.45, 7) is 3.59. The molecule has 0 aliphatic rings. The van der Waals surface area contributed by atoms with Crippen LogP contribution in [-0.2, 0) is 6.18 Å². The van der Waals surface area contributed by atoms with Gasteiger partial charge in [-0.1, -0.05) is 18.3 Å². The number of thiazole rings is 1. The van der Waals surface area contributed by atoms with Crippen LogP contribution in [0.1, 0.15) is 32.0 Å². The first kappa shape index (κ1) is 19.9. The molecule has 0 bridgehead atoms. The second-order valence-corrected chi connectivity index (χ2v) is 7.11. The van der Waals surface area contributed by atoms with Gasteiger partial charge in [0.1, 0.15) is 5.82 Å². The van der Waals surface area contributed by atoms with Crippen molar-refractivity contribution in [3.05, 3.63) is 60.2 Å². The zero-order chi connectivity index (χ0) is 21.0. The van der Waals surface area contributed by atoms with Crippen LogP contribution in [0.3, 0.4) is 0 Å². The van der Waals surface area contributed by atoms with Crippen LogP contribution in [0.2, 0.25) is 0 Å². The van der Waals surface area contributed by atoms with E-state index >= 15 is 0 Å². The minimum atomic E-state index is -5.04. The molecule has 0 amide bonds. The van der Waals surface area contributed by atoms with Gasteiger partial charge in [0.2, 0.25) is 0 Å². The summed E-state index contributed by atoms with van der Waals surface area (Å²) in [6.07, 6.45) is -4.46. The van der Waals surface area contributed by atoms with E-state index in [0.29, 0.717) is 6.42 Å². The van der Waals surface area contributed by atoms with Gasteiger partial charge in [-0.05, 0) is 25.5 Å². The fraction of sp³-hybridized carbons (Fsp3) is 0.312. The quantitative estimate of drug-likeness (QED) is 0.522. The summed E-state index contributed by atoms with van der Waals surface area (Å²) < 4.78 is 54.9. The molecule has 2 aromatic heterocycles. The van der Waals surface area contributed by atoms with Crippen LogP contribution in [0.15, 0.2) is 32.6 Å². The normalized spacial score (nSPS) is 13.2. The predicted molar refractivity (Wildman–Crippen MR) is 96.1 cm³/mol. The molecule has 0 aliphatic carbocycles. The highest BCUT2D eigenvalue weighted by atomic mass is 32.1. The Balaban J connectivity index is 2.38. The highest BCUT2D eigenvalue weighted by Crippen LogP contribution is 2.28. The molecule has 1 unspecified atom stereocenters. The molecule has 3 aromatic rings. The van der Waals surface area contributed by atoms with Crippen molar-refractivity contribution in [1.82, 2.24) is 13.8 Å². The molecule has 2 N–H and O–H groups in total. The number of nitrogens with zero attached hydrogens (tertiary/aromatic N) is 3. The Morgan fingerprint density at radius 2 is 1.82 bits per heavy atom. The lowest BCUT2D eigenvalue weighted by Crippen LogP contribution is -2.45. The molecular weight excluding hydrogens is 404 g/mol. The van der Waals surface area contributed by atoms with Gasteiger partial charge in [0.25, 0.3) is 5.56 Å². The Labute approximate surface area is 157 Å². The van der Waals surface area contributed by atoms with Crippen molar-refractivity contribution in [3.8, 4) is 5.69 Å². The lowest BCUT2D eigenvalue weighted by Gasteiger charge is -2.15. The fourth-order valence-corrected chi connectivity index (χ4v) is 3.80. The zero-order valence-corrected chi connectivity index (χ0v) is 15.4. The molecule has 0 spiro atoms. The molecule has 0 fully saturated rings. The average Bonchev–Trinajstić information content (AvgIpc) is 2.91. The summed E-state index contributed by atoms with van der Waals surface area (Å²) in [5.41, 5.74) is -4.95. The first-order valence-corrected chi connectivity index (χ1v) is 8.85. The Kier molecular flexibility index (Phi) is 4.69.